The van der Waals surface area contributed by atoms with Gasteiger partial charge in [0.25, 0.3) is 0 Å². The molecule has 4 nitrogen and oxygen atoms in total. The first-order valence-corrected chi connectivity index (χ1v) is 5.92. The molecular weight excluding hydrogens is 285 g/mol. The summed E-state index contributed by atoms with van der Waals surface area (Å²) in [6.45, 7) is 0. The summed E-state index contributed by atoms with van der Waals surface area (Å²) in [5.41, 5.74) is 6.08. The summed E-state index contributed by atoms with van der Waals surface area (Å²) < 4.78 is 37.6. The molecule has 2 rings (SSSR count). The number of alkyl halides is 3. The van der Waals surface area contributed by atoms with Gasteiger partial charge in [0.15, 0.2) is 0 Å². The van der Waals surface area contributed by atoms with E-state index in [2.05, 4.69) is 4.98 Å². The molecule has 0 spiro atoms. The van der Waals surface area contributed by atoms with Crippen LogP contribution < -0.4 is 5.73 Å². The monoisotopic (exact) mass is 296 g/mol. The fourth-order valence-electron chi connectivity index (χ4n) is 1.99. The van der Waals surface area contributed by atoms with Gasteiger partial charge in [0.1, 0.15) is 5.82 Å². The second-order valence-electron chi connectivity index (χ2n) is 4.38. The fourth-order valence-corrected chi connectivity index (χ4v) is 1.99. The van der Waals surface area contributed by atoms with Crippen LogP contribution >= 0.6 is 0 Å². The smallest absolute Gasteiger partial charge is 0.416 e. The van der Waals surface area contributed by atoms with Crippen molar-refractivity contribution in [2.45, 2.75) is 12.6 Å². The van der Waals surface area contributed by atoms with E-state index < -0.39 is 17.7 Å². The first-order chi connectivity index (χ1) is 9.79. The fraction of sp³-hybridized carbons (Fsp3) is 0.143. The van der Waals surface area contributed by atoms with Gasteiger partial charge >= 0.3 is 12.1 Å². The van der Waals surface area contributed by atoms with Gasteiger partial charge in [-0.1, -0.05) is 12.1 Å². The molecule has 1 heterocycles. The molecule has 0 atom stereocenters. The molecule has 3 N–H and O–H groups in total. The van der Waals surface area contributed by atoms with Crippen LogP contribution in [0.25, 0.3) is 11.1 Å². The Labute approximate surface area is 118 Å². The molecule has 0 amide bonds. The van der Waals surface area contributed by atoms with Gasteiger partial charge < -0.3 is 10.8 Å². The van der Waals surface area contributed by atoms with Crippen molar-refractivity contribution in [3.63, 3.8) is 0 Å². The number of benzene rings is 1. The number of hydrogen-bond donors (Lipinski definition) is 2. The Morgan fingerprint density at radius 2 is 1.81 bits per heavy atom. The lowest BCUT2D eigenvalue weighted by atomic mass is 9.98. The van der Waals surface area contributed by atoms with Crippen molar-refractivity contribution in [1.82, 2.24) is 4.98 Å². The average Bonchev–Trinajstić information content (AvgIpc) is 2.37. The second kappa shape index (κ2) is 5.43. The maximum atomic E-state index is 12.5. The van der Waals surface area contributed by atoms with Crippen LogP contribution in [-0.2, 0) is 17.4 Å². The van der Waals surface area contributed by atoms with Gasteiger partial charge in [-0.3, -0.25) is 4.79 Å². The number of carboxylic acid groups (broad SMARTS) is 1. The average molecular weight is 296 g/mol. The molecule has 0 aliphatic carbocycles. The van der Waals surface area contributed by atoms with E-state index >= 15 is 0 Å². The number of carbonyl (C=O) groups is 1. The van der Waals surface area contributed by atoms with Crippen LogP contribution in [0.15, 0.2) is 36.5 Å². The summed E-state index contributed by atoms with van der Waals surface area (Å²) >= 11 is 0. The van der Waals surface area contributed by atoms with Gasteiger partial charge in [0.05, 0.1) is 12.0 Å². The highest BCUT2D eigenvalue weighted by Gasteiger charge is 2.30. The molecule has 0 aliphatic rings. The quantitative estimate of drug-likeness (QED) is 0.913. The predicted molar refractivity (Wildman–Crippen MR) is 70.4 cm³/mol. The summed E-state index contributed by atoms with van der Waals surface area (Å²) in [7, 11) is 0. The largest absolute Gasteiger partial charge is 0.481 e. The number of nitrogen functional groups attached to an aromatic ring is 1. The van der Waals surface area contributed by atoms with Crippen LogP contribution in [0, 0.1) is 0 Å². The van der Waals surface area contributed by atoms with Crippen molar-refractivity contribution in [2.24, 2.45) is 0 Å². The maximum absolute atomic E-state index is 12.5. The summed E-state index contributed by atoms with van der Waals surface area (Å²) in [4.78, 5) is 14.7. The van der Waals surface area contributed by atoms with Crippen molar-refractivity contribution in [2.75, 3.05) is 5.73 Å². The Hall–Kier alpha value is -2.57. The third-order valence-corrected chi connectivity index (χ3v) is 2.91. The normalized spacial score (nSPS) is 11.4. The van der Waals surface area contributed by atoms with Gasteiger partial charge in [-0.15, -0.1) is 0 Å². The van der Waals surface area contributed by atoms with Gasteiger partial charge in [-0.25, -0.2) is 4.98 Å². The summed E-state index contributed by atoms with van der Waals surface area (Å²) in [5, 5.41) is 8.87. The third kappa shape index (κ3) is 3.31. The Kier molecular flexibility index (Phi) is 3.84. The van der Waals surface area contributed by atoms with Crippen LogP contribution in [0.3, 0.4) is 0 Å². The molecule has 110 valence electrons. The van der Waals surface area contributed by atoms with E-state index in [0.29, 0.717) is 16.7 Å². The molecule has 0 radical (unpaired) electrons. The van der Waals surface area contributed by atoms with Crippen molar-refractivity contribution in [3.8, 4) is 11.1 Å². The van der Waals surface area contributed by atoms with Gasteiger partial charge in [0, 0.05) is 11.8 Å². The molecule has 0 saturated carbocycles. The Morgan fingerprint density at radius 1 is 1.19 bits per heavy atom. The van der Waals surface area contributed by atoms with E-state index in [-0.39, 0.29) is 12.2 Å². The van der Waals surface area contributed by atoms with Gasteiger partial charge in [-0.2, -0.15) is 13.2 Å². The van der Waals surface area contributed by atoms with E-state index in [1.165, 1.54) is 24.4 Å². The number of aromatic nitrogens is 1. The van der Waals surface area contributed by atoms with Crippen LogP contribution in [0.4, 0.5) is 19.0 Å². The van der Waals surface area contributed by atoms with E-state index in [1.54, 1.807) is 0 Å². The van der Waals surface area contributed by atoms with Crippen LogP contribution in [0.1, 0.15) is 11.1 Å². The highest BCUT2D eigenvalue weighted by Crippen LogP contribution is 2.33. The Morgan fingerprint density at radius 3 is 2.33 bits per heavy atom. The summed E-state index contributed by atoms with van der Waals surface area (Å²) in [6, 6.07) is 5.83. The molecule has 1 aromatic carbocycles. The van der Waals surface area contributed by atoms with E-state index in [9.17, 15) is 18.0 Å². The zero-order valence-electron chi connectivity index (χ0n) is 10.7. The van der Waals surface area contributed by atoms with Crippen molar-refractivity contribution < 1.29 is 23.1 Å². The lowest BCUT2D eigenvalue weighted by molar-refractivity contribution is -0.138. The molecule has 0 fully saturated rings. The number of rotatable bonds is 3. The molecule has 0 aliphatic heterocycles. The summed E-state index contributed by atoms with van der Waals surface area (Å²) in [6.07, 6.45) is -3.35. The topological polar surface area (TPSA) is 76.2 Å². The highest BCUT2D eigenvalue weighted by atomic mass is 19.4. The van der Waals surface area contributed by atoms with Gasteiger partial charge in [-0.05, 0) is 29.3 Å². The first kappa shape index (κ1) is 14.8. The molecule has 1 aromatic heterocycles. The first-order valence-electron chi connectivity index (χ1n) is 5.92. The number of anilines is 1. The molecule has 21 heavy (non-hydrogen) atoms. The molecule has 0 unspecified atom stereocenters. The minimum absolute atomic E-state index is 0.0773. The van der Waals surface area contributed by atoms with E-state index in [0.717, 1.165) is 12.1 Å². The number of nitrogens with two attached hydrogens (primary N) is 1. The Balaban J connectivity index is 2.49. The number of carboxylic acids is 1. The lowest BCUT2D eigenvalue weighted by Gasteiger charge is -2.12. The molecule has 0 saturated heterocycles. The SMILES string of the molecule is Nc1nccc(CC(=O)O)c1-c1ccc(C(F)(F)F)cc1. The van der Waals surface area contributed by atoms with Crippen molar-refractivity contribution in [3.05, 3.63) is 47.7 Å². The van der Waals surface area contributed by atoms with E-state index in [1.807, 2.05) is 0 Å². The zero-order chi connectivity index (χ0) is 15.6. The minimum Gasteiger partial charge on any atom is -0.481 e. The predicted octanol–water partition coefficient (Wildman–Crippen LogP) is 2.98. The molecular formula is C14H11F3N2O2. The number of nitrogens with zero attached hydrogens (tertiary/aromatic N) is 1. The number of pyridine rings is 1. The van der Waals surface area contributed by atoms with E-state index in [4.69, 9.17) is 10.8 Å². The molecule has 0 bridgehead atoms. The highest BCUT2D eigenvalue weighted by molar-refractivity contribution is 5.81. The van der Waals surface area contributed by atoms with Crippen LogP contribution in [0.2, 0.25) is 0 Å². The standard InChI is InChI=1S/C14H11F3N2O2/c15-14(16,17)10-3-1-8(2-4-10)12-9(7-11(20)21)5-6-19-13(12)18/h1-6H,7H2,(H2,18,19)(H,20,21). The third-order valence-electron chi connectivity index (χ3n) is 2.91. The number of hydrogen-bond acceptors (Lipinski definition) is 3. The van der Waals surface area contributed by atoms with Crippen LogP contribution in [0.5, 0.6) is 0 Å². The summed E-state index contributed by atoms with van der Waals surface area (Å²) in [5.74, 6) is -0.984. The second-order valence-corrected chi connectivity index (χ2v) is 4.38. The van der Waals surface area contributed by atoms with Crippen molar-refractivity contribution >= 4 is 11.8 Å². The number of halogens is 3. The molecule has 7 heteroatoms. The lowest BCUT2D eigenvalue weighted by Crippen LogP contribution is -2.06. The maximum Gasteiger partial charge on any atom is 0.416 e. The number of aliphatic carboxylic acids is 1. The minimum atomic E-state index is -4.43. The molecule has 2 aromatic rings. The van der Waals surface area contributed by atoms with Gasteiger partial charge in [0.2, 0.25) is 0 Å². The zero-order valence-corrected chi connectivity index (χ0v) is 10.7. The Bertz CT molecular complexity index is 667. The van der Waals surface area contributed by atoms with Crippen LogP contribution in [-0.4, -0.2) is 16.1 Å². The van der Waals surface area contributed by atoms with Crippen molar-refractivity contribution in [1.29, 1.82) is 0 Å².